The van der Waals surface area contributed by atoms with E-state index in [0.717, 1.165) is 45.2 Å². The molecule has 0 amide bonds. The molecule has 2 aliphatic heterocycles. The summed E-state index contributed by atoms with van der Waals surface area (Å²) in [4.78, 5) is 0. The van der Waals surface area contributed by atoms with Gasteiger partial charge in [0.1, 0.15) is 23.0 Å². The van der Waals surface area contributed by atoms with Crippen molar-refractivity contribution in [3.05, 3.63) is 140 Å². The van der Waals surface area contributed by atoms with Gasteiger partial charge in [-0.15, -0.1) is 0 Å². The number of aromatic nitrogens is 2. The standard InChI is InChI=1S/C42H23BN2O2/c1-6-17-34-25(10-1)27-12-9-13-28-30-23-35-29(22-36(30)45(34)42(27)28)26-11-2-5-16-33(26)44(35)24-20-39-41-40(21-24)47-38-19-8-4-15-32(38)43(41)31-14-3-7-18-37(31)46-39/h1-23H. The van der Waals surface area contributed by atoms with Crippen molar-refractivity contribution in [3.63, 3.8) is 0 Å². The van der Waals surface area contributed by atoms with Gasteiger partial charge in [0.2, 0.25) is 0 Å². The molecule has 0 N–H and O–H groups in total. The Morgan fingerprint density at radius 2 is 0.936 bits per heavy atom. The predicted molar refractivity (Wildman–Crippen MR) is 193 cm³/mol. The maximum atomic E-state index is 6.69. The van der Waals surface area contributed by atoms with E-state index in [0.29, 0.717) is 0 Å². The molecule has 2 aliphatic rings. The summed E-state index contributed by atoms with van der Waals surface area (Å²) < 4.78 is 18.2. The quantitative estimate of drug-likeness (QED) is 0.177. The largest absolute Gasteiger partial charge is 0.458 e. The maximum Gasteiger partial charge on any atom is 0.260 e. The van der Waals surface area contributed by atoms with Crippen molar-refractivity contribution in [2.24, 2.45) is 0 Å². The smallest absolute Gasteiger partial charge is 0.260 e. The highest BCUT2D eigenvalue weighted by molar-refractivity contribution is 6.98. The minimum Gasteiger partial charge on any atom is -0.458 e. The lowest BCUT2D eigenvalue weighted by Crippen LogP contribution is -2.57. The topological polar surface area (TPSA) is 27.8 Å². The second-order valence-electron chi connectivity index (χ2n) is 12.9. The summed E-state index contributed by atoms with van der Waals surface area (Å²) in [7, 11) is 0. The van der Waals surface area contributed by atoms with Gasteiger partial charge in [-0.05, 0) is 47.3 Å². The van der Waals surface area contributed by atoms with Gasteiger partial charge in [-0.2, -0.15) is 0 Å². The van der Waals surface area contributed by atoms with Crippen molar-refractivity contribution < 1.29 is 9.47 Å². The van der Waals surface area contributed by atoms with E-state index in [1.165, 1.54) is 59.8 Å². The Morgan fingerprint density at radius 3 is 1.66 bits per heavy atom. The molecular weight excluding hydrogens is 575 g/mol. The van der Waals surface area contributed by atoms with Crippen LogP contribution in [0.4, 0.5) is 0 Å². The average Bonchev–Trinajstić information content (AvgIpc) is 3.75. The molecule has 0 fully saturated rings. The first-order valence-corrected chi connectivity index (χ1v) is 16.1. The molecule has 0 saturated carbocycles. The van der Waals surface area contributed by atoms with Crippen molar-refractivity contribution in [2.75, 3.05) is 0 Å². The zero-order chi connectivity index (χ0) is 30.4. The first-order valence-electron chi connectivity index (χ1n) is 16.1. The highest BCUT2D eigenvalue weighted by atomic mass is 16.5. The fraction of sp³-hybridized carbons (Fsp3) is 0. The molecule has 0 unspecified atom stereocenters. The monoisotopic (exact) mass is 598 g/mol. The van der Waals surface area contributed by atoms with Crippen LogP contribution in [0.5, 0.6) is 23.0 Å². The summed E-state index contributed by atoms with van der Waals surface area (Å²) in [6.07, 6.45) is 0. The molecule has 0 spiro atoms. The predicted octanol–water partition coefficient (Wildman–Crippen LogP) is 8.66. The van der Waals surface area contributed by atoms with Crippen LogP contribution in [0, 0.1) is 0 Å². The Morgan fingerprint density at radius 1 is 0.404 bits per heavy atom. The Balaban J connectivity index is 1.19. The molecule has 5 heterocycles. The molecule has 47 heavy (non-hydrogen) atoms. The van der Waals surface area contributed by atoms with Crippen molar-refractivity contribution in [1.29, 1.82) is 0 Å². The summed E-state index contributed by atoms with van der Waals surface area (Å²) in [5.41, 5.74) is 10.5. The number of fused-ring (bicyclic) bond motifs is 13. The Bertz CT molecular complexity index is 2920. The lowest BCUT2D eigenvalue weighted by Gasteiger charge is -2.33. The maximum absolute atomic E-state index is 6.69. The molecule has 10 aromatic rings. The third-order valence-electron chi connectivity index (χ3n) is 10.6. The van der Waals surface area contributed by atoms with E-state index in [1.54, 1.807) is 0 Å². The Labute approximate surface area is 269 Å². The lowest BCUT2D eigenvalue weighted by atomic mass is 9.35. The number of nitrogens with zero attached hydrogens (tertiary/aromatic N) is 2. The van der Waals surface area contributed by atoms with Crippen LogP contribution in [0.1, 0.15) is 0 Å². The van der Waals surface area contributed by atoms with Crippen LogP contribution in [0.15, 0.2) is 140 Å². The molecule has 4 nitrogen and oxygen atoms in total. The molecular formula is C42H23BN2O2. The van der Waals surface area contributed by atoms with E-state index in [4.69, 9.17) is 9.47 Å². The molecule has 7 aromatic carbocycles. The highest BCUT2D eigenvalue weighted by Gasteiger charge is 2.40. The van der Waals surface area contributed by atoms with E-state index >= 15 is 0 Å². The average molecular weight is 598 g/mol. The molecule has 12 rings (SSSR count). The number of ether oxygens (including phenoxy) is 2. The molecule has 3 aromatic heterocycles. The van der Waals surface area contributed by atoms with Crippen LogP contribution in [0.3, 0.4) is 0 Å². The van der Waals surface area contributed by atoms with E-state index in [1.807, 2.05) is 12.1 Å². The number of hydrogen-bond acceptors (Lipinski definition) is 2. The van der Waals surface area contributed by atoms with Gasteiger partial charge in [0.25, 0.3) is 6.71 Å². The minimum absolute atomic E-state index is 0.0514. The van der Waals surface area contributed by atoms with E-state index in [-0.39, 0.29) is 6.71 Å². The fourth-order valence-electron chi connectivity index (χ4n) is 8.68. The van der Waals surface area contributed by atoms with Gasteiger partial charge in [-0.25, -0.2) is 0 Å². The summed E-state index contributed by atoms with van der Waals surface area (Å²) in [5, 5.41) is 7.56. The minimum atomic E-state index is 0.0514. The number of benzene rings is 7. The lowest BCUT2D eigenvalue weighted by molar-refractivity contribution is 0.464. The zero-order valence-electron chi connectivity index (χ0n) is 25.1. The van der Waals surface area contributed by atoms with Crippen LogP contribution < -0.4 is 25.9 Å². The van der Waals surface area contributed by atoms with Crippen LogP contribution in [0.25, 0.3) is 65.6 Å². The van der Waals surface area contributed by atoms with Gasteiger partial charge < -0.3 is 18.4 Å². The van der Waals surface area contributed by atoms with Crippen molar-refractivity contribution in [1.82, 2.24) is 8.97 Å². The summed E-state index contributed by atoms with van der Waals surface area (Å²) in [5.74, 6) is 3.48. The first kappa shape index (κ1) is 24.1. The van der Waals surface area contributed by atoms with Crippen LogP contribution in [-0.2, 0) is 0 Å². The van der Waals surface area contributed by atoms with Crippen LogP contribution in [0.2, 0.25) is 0 Å². The third kappa shape index (κ3) is 2.91. The van der Waals surface area contributed by atoms with Gasteiger partial charge in [0.05, 0.1) is 33.3 Å². The zero-order valence-corrected chi connectivity index (χ0v) is 25.1. The van der Waals surface area contributed by atoms with Gasteiger partial charge in [0, 0.05) is 49.9 Å². The van der Waals surface area contributed by atoms with E-state index in [2.05, 4.69) is 136 Å². The SMILES string of the molecule is c1ccc2c(c1)Oc1cc(-n3c4ccccc4c4cc5c(cc43)c3cccc4c6ccccc6n5c43)cc3c1B2c1ccccc1O3. The summed E-state index contributed by atoms with van der Waals surface area (Å²) in [6, 6.07) is 50.2. The molecule has 216 valence electrons. The highest BCUT2D eigenvalue weighted by Crippen LogP contribution is 2.44. The second-order valence-corrected chi connectivity index (χ2v) is 12.9. The first-order chi connectivity index (χ1) is 23.3. The van der Waals surface area contributed by atoms with Crippen LogP contribution >= 0.6 is 0 Å². The normalized spacial score (nSPS) is 13.4. The fourth-order valence-corrected chi connectivity index (χ4v) is 8.68. The number of hydrogen-bond donors (Lipinski definition) is 0. The molecule has 0 aliphatic carbocycles. The van der Waals surface area contributed by atoms with Gasteiger partial charge >= 0.3 is 0 Å². The summed E-state index contributed by atoms with van der Waals surface area (Å²) >= 11 is 0. The number of rotatable bonds is 1. The number of para-hydroxylation sites is 5. The molecule has 5 heteroatoms. The molecule has 0 atom stereocenters. The van der Waals surface area contributed by atoms with E-state index < -0.39 is 0 Å². The Kier molecular flexibility index (Phi) is 4.27. The molecule has 0 radical (unpaired) electrons. The van der Waals surface area contributed by atoms with Gasteiger partial charge in [-0.1, -0.05) is 91.0 Å². The second kappa shape index (κ2) is 8.33. The van der Waals surface area contributed by atoms with Gasteiger partial charge in [-0.3, -0.25) is 0 Å². The van der Waals surface area contributed by atoms with Gasteiger partial charge in [0.15, 0.2) is 0 Å². The van der Waals surface area contributed by atoms with Crippen LogP contribution in [-0.4, -0.2) is 15.7 Å². The van der Waals surface area contributed by atoms with E-state index in [9.17, 15) is 0 Å². The summed E-state index contributed by atoms with van der Waals surface area (Å²) in [6.45, 7) is 0.0514. The molecule has 0 saturated heterocycles. The third-order valence-corrected chi connectivity index (χ3v) is 10.6. The van der Waals surface area contributed by atoms with Crippen molar-refractivity contribution in [2.45, 2.75) is 0 Å². The Hall–Kier alpha value is -6.20. The van der Waals surface area contributed by atoms with Crippen molar-refractivity contribution >= 4 is 83.0 Å². The molecule has 0 bridgehead atoms. The van der Waals surface area contributed by atoms with Crippen molar-refractivity contribution in [3.8, 4) is 28.7 Å².